The number of nitrogens with zero attached hydrogens (tertiary/aromatic N) is 2. The average Bonchev–Trinajstić information content (AvgIpc) is 2.92. The van der Waals surface area contributed by atoms with E-state index in [-0.39, 0.29) is 0 Å². The van der Waals surface area contributed by atoms with Crippen molar-refractivity contribution in [2.45, 2.75) is 26.7 Å². The van der Waals surface area contributed by atoms with Gasteiger partial charge in [0.1, 0.15) is 22.9 Å². The van der Waals surface area contributed by atoms with E-state index in [0.717, 1.165) is 47.9 Å². The van der Waals surface area contributed by atoms with E-state index in [2.05, 4.69) is 48.0 Å². The van der Waals surface area contributed by atoms with Crippen molar-refractivity contribution in [3.63, 3.8) is 0 Å². The van der Waals surface area contributed by atoms with E-state index in [1.807, 2.05) is 18.2 Å². The molecular formula is C19H23N3O. The summed E-state index contributed by atoms with van der Waals surface area (Å²) in [6.45, 7) is 5.21. The molecule has 1 N–H and O–H groups in total. The Morgan fingerprint density at radius 1 is 1.22 bits per heavy atom. The number of aromatic nitrogens is 2. The van der Waals surface area contributed by atoms with Gasteiger partial charge < -0.3 is 10.1 Å². The SMILES string of the molecule is CCCCNc1c(-c2ccccc2OC)nc2cc(C)ccn12. The van der Waals surface area contributed by atoms with Crippen molar-refractivity contribution in [3.8, 4) is 17.0 Å². The van der Waals surface area contributed by atoms with Crippen LogP contribution in [0, 0.1) is 6.92 Å². The summed E-state index contributed by atoms with van der Waals surface area (Å²) in [6.07, 6.45) is 4.36. The number of unbranched alkanes of at least 4 members (excludes halogenated alkanes) is 1. The molecule has 0 fully saturated rings. The van der Waals surface area contributed by atoms with Crippen LogP contribution in [0.4, 0.5) is 5.82 Å². The Morgan fingerprint density at radius 3 is 2.83 bits per heavy atom. The quantitative estimate of drug-likeness (QED) is 0.680. The first-order chi connectivity index (χ1) is 11.2. The summed E-state index contributed by atoms with van der Waals surface area (Å²) in [5.74, 6) is 1.86. The number of imidazole rings is 1. The Balaban J connectivity index is 2.15. The van der Waals surface area contributed by atoms with Gasteiger partial charge in [0.05, 0.1) is 7.11 Å². The maximum atomic E-state index is 5.52. The van der Waals surface area contributed by atoms with Gasteiger partial charge >= 0.3 is 0 Å². The lowest BCUT2D eigenvalue weighted by Gasteiger charge is -2.10. The van der Waals surface area contributed by atoms with Crippen LogP contribution in [0.2, 0.25) is 0 Å². The molecule has 2 aromatic heterocycles. The van der Waals surface area contributed by atoms with Gasteiger partial charge in [0.15, 0.2) is 0 Å². The van der Waals surface area contributed by atoms with Crippen molar-refractivity contribution < 1.29 is 4.74 Å². The van der Waals surface area contributed by atoms with Crippen molar-refractivity contribution in [3.05, 3.63) is 48.2 Å². The molecule has 0 atom stereocenters. The van der Waals surface area contributed by atoms with Crippen molar-refractivity contribution in [1.29, 1.82) is 0 Å². The highest BCUT2D eigenvalue weighted by Gasteiger charge is 2.16. The van der Waals surface area contributed by atoms with Crippen LogP contribution in [0.15, 0.2) is 42.6 Å². The predicted octanol–water partition coefficient (Wildman–Crippen LogP) is 4.53. The van der Waals surface area contributed by atoms with Gasteiger partial charge in [-0.05, 0) is 43.2 Å². The van der Waals surface area contributed by atoms with Crippen LogP contribution < -0.4 is 10.1 Å². The molecule has 0 amide bonds. The van der Waals surface area contributed by atoms with Gasteiger partial charge in [-0.3, -0.25) is 4.40 Å². The summed E-state index contributed by atoms with van der Waals surface area (Å²) in [5.41, 5.74) is 4.10. The topological polar surface area (TPSA) is 38.6 Å². The second kappa shape index (κ2) is 6.73. The highest BCUT2D eigenvalue weighted by atomic mass is 16.5. The maximum Gasteiger partial charge on any atom is 0.139 e. The number of aryl methyl sites for hydroxylation is 1. The zero-order valence-corrected chi connectivity index (χ0v) is 14.0. The van der Waals surface area contributed by atoms with Crippen LogP contribution in [0.3, 0.4) is 0 Å². The molecule has 0 aliphatic rings. The first kappa shape index (κ1) is 15.4. The number of benzene rings is 1. The van der Waals surface area contributed by atoms with Crippen molar-refractivity contribution in [2.24, 2.45) is 0 Å². The van der Waals surface area contributed by atoms with Crippen molar-refractivity contribution in [1.82, 2.24) is 9.38 Å². The minimum Gasteiger partial charge on any atom is -0.496 e. The second-order valence-corrected chi connectivity index (χ2v) is 5.72. The minimum absolute atomic E-state index is 0.839. The molecule has 120 valence electrons. The molecule has 3 aromatic rings. The molecule has 0 radical (unpaired) electrons. The number of nitrogens with one attached hydrogen (secondary N) is 1. The lowest BCUT2D eigenvalue weighted by molar-refractivity contribution is 0.416. The molecule has 0 saturated carbocycles. The molecule has 0 unspecified atom stereocenters. The average molecular weight is 309 g/mol. The first-order valence-corrected chi connectivity index (χ1v) is 8.10. The number of hydrogen-bond acceptors (Lipinski definition) is 3. The minimum atomic E-state index is 0.839. The fourth-order valence-electron chi connectivity index (χ4n) is 2.73. The predicted molar refractivity (Wildman–Crippen MR) is 95.3 cm³/mol. The molecule has 1 aromatic carbocycles. The van der Waals surface area contributed by atoms with E-state index >= 15 is 0 Å². The fourth-order valence-corrected chi connectivity index (χ4v) is 2.73. The van der Waals surface area contributed by atoms with Crippen LogP contribution in [0.25, 0.3) is 16.9 Å². The third-order valence-corrected chi connectivity index (χ3v) is 3.97. The first-order valence-electron chi connectivity index (χ1n) is 8.10. The number of anilines is 1. The van der Waals surface area contributed by atoms with E-state index in [1.165, 1.54) is 5.56 Å². The van der Waals surface area contributed by atoms with Crippen LogP contribution in [-0.4, -0.2) is 23.0 Å². The molecule has 0 aliphatic heterocycles. The third-order valence-electron chi connectivity index (χ3n) is 3.97. The van der Waals surface area contributed by atoms with E-state index in [9.17, 15) is 0 Å². The Hall–Kier alpha value is -2.49. The van der Waals surface area contributed by atoms with Crippen molar-refractivity contribution >= 4 is 11.5 Å². The lowest BCUT2D eigenvalue weighted by Crippen LogP contribution is -2.05. The number of para-hydroxylation sites is 1. The number of ether oxygens (including phenoxy) is 1. The number of methoxy groups -OCH3 is 1. The zero-order valence-electron chi connectivity index (χ0n) is 14.0. The number of fused-ring (bicyclic) bond motifs is 1. The van der Waals surface area contributed by atoms with Gasteiger partial charge in [0.2, 0.25) is 0 Å². The molecule has 23 heavy (non-hydrogen) atoms. The number of hydrogen-bond donors (Lipinski definition) is 1. The smallest absolute Gasteiger partial charge is 0.139 e. The Labute approximate surface area is 137 Å². The van der Waals surface area contributed by atoms with E-state index in [4.69, 9.17) is 9.72 Å². The summed E-state index contributed by atoms with van der Waals surface area (Å²) in [6, 6.07) is 12.2. The largest absolute Gasteiger partial charge is 0.496 e. The van der Waals surface area contributed by atoms with E-state index < -0.39 is 0 Å². The number of rotatable bonds is 6. The van der Waals surface area contributed by atoms with E-state index in [1.54, 1.807) is 7.11 Å². The van der Waals surface area contributed by atoms with Crippen LogP contribution in [0.1, 0.15) is 25.3 Å². The summed E-state index contributed by atoms with van der Waals surface area (Å²) >= 11 is 0. The summed E-state index contributed by atoms with van der Waals surface area (Å²) in [7, 11) is 1.70. The van der Waals surface area contributed by atoms with Gasteiger partial charge in [0.25, 0.3) is 0 Å². The molecule has 4 nitrogen and oxygen atoms in total. The van der Waals surface area contributed by atoms with Crippen LogP contribution in [0.5, 0.6) is 5.75 Å². The Morgan fingerprint density at radius 2 is 2.04 bits per heavy atom. The molecule has 0 bridgehead atoms. The highest BCUT2D eigenvalue weighted by molar-refractivity contribution is 5.80. The summed E-state index contributed by atoms with van der Waals surface area (Å²) in [4.78, 5) is 4.85. The standard InChI is InChI=1S/C19H23N3O/c1-4-5-11-20-19-18(15-8-6-7-9-16(15)23-3)21-17-13-14(2)10-12-22(17)19/h6-10,12-13,20H,4-5,11H2,1-3H3. The fraction of sp³-hybridized carbons (Fsp3) is 0.316. The molecule has 0 saturated heterocycles. The van der Waals surface area contributed by atoms with E-state index in [0.29, 0.717) is 0 Å². The highest BCUT2D eigenvalue weighted by Crippen LogP contribution is 2.35. The van der Waals surface area contributed by atoms with Gasteiger partial charge in [-0.25, -0.2) is 4.98 Å². The van der Waals surface area contributed by atoms with Gasteiger partial charge in [0, 0.05) is 18.3 Å². The van der Waals surface area contributed by atoms with Crippen LogP contribution >= 0.6 is 0 Å². The molecule has 3 rings (SSSR count). The second-order valence-electron chi connectivity index (χ2n) is 5.72. The lowest BCUT2D eigenvalue weighted by atomic mass is 10.1. The van der Waals surface area contributed by atoms with Crippen LogP contribution in [-0.2, 0) is 0 Å². The molecule has 4 heteroatoms. The third kappa shape index (κ3) is 3.02. The summed E-state index contributed by atoms with van der Waals surface area (Å²) < 4.78 is 7.64. The van der Waals surface area contributed by atoms with Crippen molar-refractivity contribution in [2.75, 3.05) is 19.0 Å². The molecule has 0 spiro atoms. The van der Waals surface area contributed by atoms with Gasteiger partial charge in [-0.1, -0.05) is 25.5 Å². The normalized spacial score (nSPS) is 10.9. The number of pyridine rings is 1. The Bertz CT molecular complexity index is 807. The monoisotopic (exact) mass is 309 g/mol. The zero-order chi connectivity index (χ0) is 16.2. The van der Waals surface area contributed by atoms with Gasteiger partial charge in [-0.2, -0.15) is 0 Å². The molecule has 0 aliphatic carbocycles. The Kier molecular flexibility index (Phi) is 4.51. The van der Waals surface area contributed by atoms with Gasteiger partial charge in [-0.15, -0.1) is 0 Å². The maximum absolute atomic E-state index is 5.52. The molecule has 2 heterocycles. The summed E-state index contributed by atoms with van der Waals surface area (Å²) in [5, 5.41) is 3.55. The molecular weight excluding hydrogens is 286 g/mol.